The van der Waals surface area contributed by atoms with E-state index in [2.05, 4.69) is 35.9 Å². The first-order valence-corrected chi connectivity index (χ1v) is 8.84. The highest BCUT2D eigenvalue weighted by molar-refractivity contribution is 4.89. The predicted octanol–water partition coefficient (Wildman–Crippen LogP) is 1.54. The van der Waals surface area contributed by atoms with Gasteiger partial charge in [0, 0.05) is 19.1 Å². The van der Waals surface area contributed by atoms with Crippen molar-refractivity contribution in [2.75, 3.05) is 45.9 Å². The zero-order valence-corrected chi connectivity index (χ0v) is 14.3. The molecule has 1 unspecified atom stereocenters. The van der Waals surface area contributed by atoms with Crippen molar-refractivity contribution in [3.63, 3.8) is 0 Å². The zero-order valence-electron chi connectivity index (χ0n) is 14.3. The highest BCUT2D eigenvalue weighted by Gasteiger charge is 2.29. The summed E-state index contributed by atoms with van der Waals surface area (Å²) >= 11 is 0. The van der Waals surface area contributed by atoms with Crippen molar-refractivity contribution in [2.24, 2.45) is 5.92 Å². The number of nitrogens with zero attached hydrogens (tertiary/aromatic N) is 2. The minimum Gasteiger partial charge on any atom is -0.394 e. The van der Waals surface area contributed by atoms with E-state index in [-0.39, 0.29) is 12.1 Å². The summed E-state index contributed by atoms with van der Waals surface area (Å²) in [5, 5.41) is 13.2. The molecule has 0 aromatic carbocycles. The van der Waals surface area contributed by atoms with Crippen LogP contribution < -0.4 is 5.32 Å². The molecule has 2 saturated heterocycles. The maximum Gasteiger partial charge on any atom is 0.0623 e. The Balaban J connectivity index is 1.72. The van der Waals surface area contributed by atoms with Crippen LogP contribution in [-0.2, 0) is 0 Å². The first-order valence-electron chi connectivity index (χ1n) is 8.84. The van der Waals surface area contributed by atoms with E-state index >= 15 is 0 Å². The van der Waals surface area contributed by atoms with Crippen LogP contribution in [0.2, 0.25) is 0 Å². The Bertz CT molecular complexity index is 296. The van der Waals surface area contributed by atoms with Crippen molar-refractivity contribution < 1.29 is 5.11 Å². The van der Waals surface area contributed by atoms with Gasteiger partial charge in [-0.1, -0.05) is 13.8 Å². The standard InChI is InChI=1S/C17H35N3O/c1-15(2)18-17(3,14-21)13-20-10-6-16(7-11-20)12-19-8-4-5-9-19/h15-16,18,21H,4-14H2,1-3H3. The summed E-state index contributed by atoms with van der Waals surface area (Å²) in [7, 11) is 0. The van der Waals surface area contributed by atoms with E-state index in [4.69, 9.17) is 0 Å². The maximum atomic E-state index is 9.71. The molecular weight excluding hydrogens is 262 g/mol. The smallest absolute Gasteiger partial charge is 0.0623 e. The second-order valence-corrected chi connectivity index (χ2v) is 7.75. The van der Waals surface area contributed by atoms with Crippen LogP contribution in [0.5, 0.6) is 0 Å². The first-order chi connectivity index (χ1) is 10.0. The third-order valence-corrected chi connectivity index (χ3v) is 4.98. The Kier molecular flexibility index (Phi) is 6.48. The molecule has 2 aliphatic heterocycles. The van der Waals surface area contributed by atoms with Gasteiger partial charge < -0.3 is 20.2 Å². The molecule has 0 aliphatic carbocycles. The van der Waals surface area contributed by atoms with Gasteiger partial charge in [0.15, 0.2) is 0 Å². The molecule has 0 aromatic rings. The van der Waals surface area contributed by atoms with E-state index in [1.165, 1.54) is 58.4 Å². The molecule has 2 rings (SSSR count). The number of hydrogen-bond acceptors (Lipinski definition) is 4. The molecule has 2 N–H and O–H groups in total. The molecule has 0 aromatic heterocycles. The molecule has 0 bridgehead atoms. The maximum absolute atomic E-state index is 9.71. The summed E-state index contributed by atoms with van der Waals surface area (Å²) in [5.41, 5.74) is -0.171. The summed E-state index contributed by atoms with van der Waals surface area (Å²) in [6.07, 6.45) is 5.43. The lowest BCUT2D eigenvalue weighted by molar-refractivity contribution is 0.0850. The normalized spacial score (nSPS) is 25.6. The second-order valence-electron chi connectivity index (χ2n) is 7.75. The van der Waals surface area contributed by atoms with Gasteiger partial charge in [-0.2, -0.15) is 0 Å². The number of piperidine rings is 1. The number of aliphatic hydroxyl groups is 1. The lowest BCUT2D eigenvalue weighted by Gasteiger charge is -2.40. The van der Waals surface area contributed by atoms with E-state index in [1.54, 1.807) is 0 Å². The van der Waals surface area contributed by atoms with Crippen molar-refractivity contribution in [2.45, 2.75) is 58.0 Å². The molecule has 0 spiro atoms. The van der Waals surface area contributed by atoms with Gasteiger partial charge in [-0.25, -0.2) is 0 Å². The Hall–Kier alpha value is -0.160. The number of likely N-dealkylation sites (tertiary alicyclic amines) is 2. The van der Waals surface area contributed by atoms with E-state index < -0.39 is 0 Å². The monoisotopic (exact) mass is 297 g/mol. The molecule has 21 heavy (non-hydrogen) atoms. The van der Waals surface area contributed by atoms with E-state index in [0.29, 0.717) is 6.04 Å². The summed E-state index contributed by atoms with van der Waals surface area (Å²) in [5.74, 6) is 0.887. The molecule has 4 nitrogen and oxygen atoms in total. The van der Waals surface area contributed by atoms with Crippen LogP contribution >= 0.6 is 0 Å². The van der Waals surface area contributed by atoms with Gasteiger partial charge in [-0.15, -0.1) is 0 Å². The van der Waals surface area contributed by atoms with Gasteiger partial charge in [-0.3, -0.25) is 0 Å². The summed E-state index contributed by atoms with van der Waals surface area (Å²) in [4.78, 5) is 5.19. The Morgan fingerprint density at radius 2 is 1.71 bits per heavy atom. The number of hydrogen-bond donors (Lipinski definition) is 2. The van der Waals surface area contributed by atoms with Crippen LogP contribution in [0.25, 0.3) is 0 Å². The Labute approximate surface area is 130 Å². The predicted molar refractivity (Wildman–Crippen MR) is 88.6 cm³/mol. The van der Waals surface area contributed by atoms with Crippen molar-refractivity contribution in [1.29, 1.82) is 0 Å². The fourth-order valence-electron chi connectivity index (χ4n) is 3.99. The molecule has 2 aliphatic rings. The van der Waals surface area contributed by atoms with Crippen LogP contribution in [0, 0.1) is 5.92 Å². The average Bonchev–Trinajstić information content (AvgIpc) is 2.93. The Morgan fingerprint density at radius 1 is 1.10 bits per heavy atom. The lowest BCUT2D eigenvalue weighted by Crippen LogP contribution is -2.57. The summed E-state index contributed by atoms with van der Waals surface area (Å²) in [6.45, 7) is 13.9. The van der Waals surface area contributed by atoms with Gasteiger partial charge in [0.2, 0.25) is 0 Å². The minimum atomic E-state index is -0.171. The zero-order chi connectivity index (χ0) is 15.3. The van der Waals surface area contributed by atoms with Crippen molar-refractivity contribution in [3.05, 3.63) is 0 Å². The van der Waals surface area contributed by atoms with Crippen LogP contribution in [-0.4, -0.2) is 72.4 Å². The van der Waals surface area contributed by atoms with Gasteiger partial charge in [0.1, 0.15) is 0 Å². The molecule has 4 heteroatoms. The number of rotatable bonds is 7. The molecule has 0 amide bonds. The van der Waals surface area contributed by atoms with E-state index in [9.17, 15) is 5.11 Å². The third kappa shape index (κ3) is 5.51. The molecule has 124 valence electrons. The van der Waals surface area contributed by atoms with Crippen LogP contribution in [0.1, 0.15) is 46.5 Å². The molecule has 2 heterocycles. The van der Waals surface area contributed by atoms with Crippen molar-refractivity contribution in [3.8, 4) is 0 Å². The summed E-state index contributed by atoms with van der Waals surface area (Å²) < 4.78 is 0. The third-order valence-electron chi connectivity index (χ3n) is 4.98. The molecule has 0 saturated carbocycles. The second kappa shape index (κ2) is 7.91. The number of nitrogens with one attached hydrogen (secondary N) is 1. The first kappa shape index (κ1) is 17.2. The highest BCUT2D eigenvalue weighted by atomic mass is 16.3. The molecule has 2 fully saturated rings. The van der Waals surface area contributed by atoms with E-state index in [0.717, 1.165) is 12.5 Å². The molecule has 0 radical (unpaired) electrons. The number of aliphatic hydroxyl groups excluding tert-OH is 1. The lowest BCUT2D eigenvalue weighted by atomic mass is 9.94. The summed E-state index contributed by atoms with van der Waals surface area (Å²) in [6, 6.07) is 0.412. The van der Waals surface area contributed by atoms with Gasteiger partial charge in [-0.05, 0) is 64.7 Å². The van der Waals surface area contributed by atoms with Gasteiger partial charge >= 0.3 is 0 Å². The topological polar surface area (TPSA) is 38.7 Å². The molecular formula is C17H35N3O. The Morgan fingerprint density at radius 3 is 2.24 bits per heavy atom. The van der Waals surface area contributed by atoms with Crippen LogP contribution in [0.15, 0.2) is 0 Å². The fourth-order valence-corrected chi connectivity index (χ4v) is 3.99. The van der Waals surface area contributed by atoms with Crippen LogP contribution in [0.4, 0.5) is 0 Å². The largest absolute Gasteiger partial charge is 0.394 e. The van der Waals surface area contributed by atoms with Gasteiger partial charge in [0.05, 0.1) is 12.1 Å². The average molecular weight is 297 g/mol. The van der Waals surface area contributed by atoms with Gasteiger partial charge in [0.25, 0.3) is 0 Å². The molecule has 1 atom stereocenters. The van der Waals surface area contributed by atoms with Crippen LogP contribution in [0.3, 0.4) is 0 Å². The van der Waals surface area contributed by atoms with E-state index in [1.807, 2.05) is 0 Å². The SMILES string of the molecule is CC(C)NC(C)(CO)CN1CCC(CN2CCCC2)CC1. The highest BCUT2D eigenvalue weighted by Crippen LogP contribution is 2.22. The quantitative estimate of drug-likeness (QED) is 0.748. The minimum absolute atomic E-state index is 0.171. The van der Waals surface area contributed by atoms with Crippen molar-refractivity contribution in [1.82, 2.24) is 15.1 Å². The fraction of sp³-hybridized carbons (Fsp3) is 1.00. The van der Waals surface area contributed by atoms with Crippen molar-refractivity contribution >= 4 is 0 Å².